The van der Waals surface area contributed by atoms with Crippen LogP contribution in [0.2, 0.25) is 0 Å². The Morgan fingerprint density at radius 1 is 1.44 bits per heavy atom. The van der Waals surface area contributed by atoms with Gasteiger partial charge in [-0.3, -0.25) is 4.21 Å². The van der Waals surface area contributed by atoms with Gasteiger partial charge in [-0.25, -0.2) is 0 Å². The number of hydrogen-bond acceptors (Lipinski definition) is 4. The van der Waals surface area contributed by atoms with E-state index in [0.29, 0.717) is 5.75 Å². The minimum absolute atomic E-state index is 0.0669. The van der Waals surface area contributed by atoms with Gasteiger partial charge in [0.1, 0.15) is 11.8 Å². The highest BCUT2D eigenvalue weighted by Crippen LogP contribution is 2.11. The Labute approximate surface area is 110 Å². The molecule has 1 N–H and O–H groups in total. The summed E-state index contributed by atoms with van der Waals surface area (Å²) in [6.07, 6.45) is 1.72. The molecule has 0 spiro atoms. The lowest BCUT2D eigenvalue weighted by atomic mass is 10.2. The summed E-state index contributed by atoms with van der Waals surface area (Å²) in [7, 11) is -0.789. The second-order valence-electron chi connectivity index (χ2n) is 4.03. The van der Waals surface area contributed by atoms with E-state index in [1.54, 1.807) is 6.26 Å². The van der Waals surface area contributed by atoms with Crippen LogP contribution in [0.1, 0.15) is 12.5 Å². The van der Waals surface area contributed by atoms with Crippen LogP contribution in [0.5, 0.6) is 5.75 Å². The summed E-state index contributed by atoms with van der Waals surface area (Å²) in [6, 6.07) is 9.51. The lowest BCUT2D eigenvalue weighted by Gasteiger charge is -2.10. The van der Waals surface area contributed by atoms with Crippen LogP contribution in [0.3, 0.4) is 0 Å². The van der Waals surface area contributed by atoms with Crippen molar-refractivity contribution >= 4 is 10.8 Å². The van der Waals surface area contributed by atoms with Gasteiger partial charge in [0.25, 0.3) is 0 Å². The second kappa shape index (κ2) is 7.85. The summed E-state index contributed by atoms with van der Waals surface area (Å²) in [4.78, 5) is 0. The Morgan fingerprint density at radius 2 is 2.11 bits per heavy atom. The zero-order chi connectivity index (χ0) is 13.4. The SMILES string of the molecule is CC(CNCc1ccc(OCC#N)cc1)S(C)=O. The third-order valence-electron chi connectivity index (χ3n) is 2.55. The lowest BCUT2D eigenvalue weighted by Crippen LogP contribution is -2.27. The van der Waals surface area contributed by atoms with Gasteiger partial charge in [-0.05, 0) is 24.6 Å². The van der Waals surface area contributed by atoms with Gasteiger partial charge in [0.05, 0.1) is 0 Å². The molecule has 0 saturated carbocycles. The molecule has 2 unspecified atom stereocenters. The van der Waals surface area contributed by atoms with E-state index in [9.17, 15) is 4.21 Å². The Morgan fingerprint density at radius 3 is 2.67 bits per heavy atom. The molecule has 0 aliphatic rings. The van der Waals surface area contributed by atoms with Crippen LogP contribution in [0, 0.1) is 11.3 Å². The molecule has 5 heteroatoms. The first kappa shape index (κ1) is 14.7. The number of rotatable bonds is 7. The van der Waals surface area contributed by atoms with E-state index < -0.39 is 10.8 Å². The van der Waals surface area contributed by atoms with Crippen LogP contribution in [-0.4, -0.2) is 28.9 Å². The summed E-state index contributed by atoms with van der Waals surface area (Å²) in [5, 5.41) is 11.8. The maximum absolute atomic E-state index is 11.2. The first-order chi connectivity index (χ1) is 8.63. The van der Waals surface area contributed by atoms with Crippen molar-refractivity contribution in [2.24, 2.45) is 0 Å². The topological polar surface area (TPSA) is 62.1 Å². The van der Waals surface area contributed by atoms with Gasteiger partial charge >= 0.3 is 0 Å². The van der Waals surface area contributed by atoms with E-state index in [-0.39, 0.29) is 11.9 Å². The van der Waals surface area contributed by atoms with Gasteiger partial charge < -0.3 is 10.1 Å². The molecule has 2 atom stereocenters. The van der Waals surface area contributed by atoms with E-state index in [0.717, 1.165) is 18.7 Å². The molecule has 0 heterocycles. The molecular formula is C13H18N2O2S. The van der Waals surface area contributed by atoms with Crippen LogP contribution >= 0.6 is 0 Å². The molecule has 0 amide bonds. The summed E-state index contributed by atoms with van der Waals surface area (Å²) in [5.74, 6) is 0.698. The number of nitrogens with zero attached hydrogens (tertiary/aromatic N) is 1. The Hall–Kier alpha value is -1.38. The van der Waals surface area contributed by atoms with Crippen molar-refractivity contribution in [3.05, 3.63) is 29.8 Å². The average Bonchev–Trinajstić information content (AvgIpc) is 2.37. The molecule has 1 aromatic rings. The third kappa shape index (κ3) is 5.30. The van der Waals surface area contributed by atoms with Crippen LogP contribution in [0.4, 0.5) is 0 Å². The van der Waals surface area contributed by atoms with Crippen molar-refractivity contribution in [2.45, 2.75) is 18.7 Å². The van der Waals surface area contributed by atoms with Crippen molar-refractivity contribution < 1.29 is 8.95 Å². The molecular weight excluding hydrogens is 248 g/mol. The largest absolute Gasteiger partial charge is 0.479 e. The fraction of sp³-hybridized carbons (Fsp3) is 0.462. The van der Waals surface area contributed by atoms with Gasteiger partial charge in [-0.2, -0.15) is 5.26 Å². The van der Waals surface area contributed by atoms with E-state index in [4.69, 9.17) is 10.00 Å². The Balaban J connectivity index is 2.35. The van der Waals surface area contributed by atoms with Gasteiger partial charge in [-0.15, -0.1) is 0 Å². The summed E-state index contributed by atoms with van der Waals surface area (Å²) in [6.45, 7) is 3.50. The highest BCUT2D eigenvalue weighted by atomic mass is 32.2. The van der Waals surface area contributed by atoms with Crippen molar-refractivity contribution in [2.75, 3.05) is 19.4 Å². The van der Waals surface area contributed by atoms with Crippen LogP contribution in [0.25, 0.3) is 0 Å². The van der Waals surface area contributed by atoms with Gasteiger partial charge in [0.15, 0.2) is 6.61 Å². The molecule has 4 nitrogen and oxygen atoms in total. The van der Waals surface area contributed by atoms with Crippen molar-refractivity contribution in [1.29, 1.82) is 5.26 Å². The minimum atomic E-state index is -0.789. The number of nitrogens with one attached hydrogen (secondary N) is 1. The van der Waals surface area contributed by atoms with Crippen molar-refractivity contribution in [3.63, 3.8) is 0 Å². The molecule has 0 aliphatic heterocycles. The summed E-state index contributed by atoms with van der Waals surface area (Å²) >= 11 is 0. The molecule has 0 aliphatic carbocycles. The molecule has 1 aromatic carbocycles. The maximum Gasteiger partial charge on any atom is 0.174 e. The second-order valence-corrected chi connectivity index (χ2v) is 5.83. The van der Waals surface area contributed by atoms with E-state index in [1.807, 2.05) is 37.3 Å². The van der Waals surface area contributed by atoms with E-state index in [1.165, 1.54) is 0 Å². The third-order valence-corrected chi connectivity index (χ3v) is 3.85. The highest BCUT2D eigenvalue weighted by molar-refractivity contribution is 7.84. The number of nitriles is 1. The molecule has 1 rings (SSSR count). The molecule has 0 radical (unpaired) electrons. The highest BCUT2D eigenvalue weighted by Gasteiger charge is 2.04. The zero-order valence-corrected chi connectivity index (χ0v) is 11.5. The summed E-state index contributed by atoms with van der Waals surface area (Å²) < 4.78 is 16.3. The molecule has 0 aromatic heterocycles. The molecule has 0 fully saturated rings. The molecule has 18 heavy (non-hydrogen) atoms. The minimum Gasteiger partial charge on any atom is -0.479 e. The van der Waals surface area contributed by atoms with Gasteiger partial charge in [0.2, 0.25) is 0 Å². The normalized spacial score (nSPS) is 13.6. The van der Waals surface area contributed by atoms with Crippen molar-refractivity contribution in [3.8, 4) is 11.8 Å². The number of hydrogen-bond donors (Lipinski definition) is 1. The van der Waals surface area contributed by atoms with Gasteiger partial charge in [-0.1, -0.05) is 12.1 Å². The predicted octanol–water partition coefficient (Wildman–Crippen LogP) is 1.45. The number of benzene rings is 1. The van der Waals surface area contributed by atoms with E-state index in [2.05, 4.69) is 5.32 Å². The van der Waals surface area contributed by atoms with Gasteiger partial charge in [0, 0.05) is 35.4 Å². The number of ether oxygens (including phenoxy) is 1. The molecule has 98 valence electrons. The molecule has 0 saturated heterocycles. The Bertz CT molecular complexity index is 426. The maximum atomic E-state index is 11.2. The first-order valence-electron chi connectivity index (χ1n) is 5.75. The quantitative estimate of drug-likeness (QED) is 0.811. The summed E-state index contributed by atoms with van der Waals surface area (Å²) in [5.41, 5.74) is 1.13. The fourth-order valence-electron chi connectivity index (χ4n) is 1.36. The van der Waals surface area contributed by atoms with Crippen LogP contribution < -0.4 is 10.1 Å². The predicted molar refractivity (Wildman–Crippen MR) is 72.8 cm³/mol. The smallest absolute Gasteiger partial charge is 0.174 e. The fourth-order valence-corrected chi connectivity index (χ4v) is 1.71. The van der Waals surface area contributed by atoms with Crippen LogP contribution in [-0.2, 0) is 17.3 Å². The zero-order valence-electron chi connectivity index (χ0n) is 10.7. The van der Waals surface area contributed by atoms with Crippen molar-refractivity contribution in [1.82, 2.24) is 5.32 Å². The average molecular weight is 266 g/mol. The first-order valence-corrected chi connectivity index (χ1v) is 7.37. The standard InChI is InChI=1S/C13H18N2O2S/c1-11(18(2)16)9-15-10-12-3-5-13(6-4-12)17-8-7-14/h3-6,11,15H,8-10H2,1-2H3. The Kier molecular flexibility index (Phi) is 6.40. The molecule has 0 bridgehead atoms. The lowest BCUT2D eigenvalue weighted by molar-refractivity contribution is 0.368. The monoisotopic (exact) mass is 266 g/mol. The van der Waals surface area contributed by atoms with Crippen LogP contribution in [0.15, 0.2) is 24.3 Å². The van der Waals surface area contributed by atoms with E-state index >= 15 is 0 Å².